The molecule has 3 aromatic carbocycles. The third-order valence-corrected chi connectivity index (χ3v) is 6.62. The van der Waals surface area contributed by atoms with Crippen LogP contribution in [0.3, 0.4) is 0 Å². The molecule has 0 saturated heterocycles. The highest BCUT2D eigenvalue weighted by Crippen LogP contribution is 2.35. The van der Waals surface area contributed by atoms with E-state index in [-0.39, 0.29) is 29.3 Å². The summed E-state index contributed by atoms with van der Waals surface area (Å²) in [6.45, 7) is 6.12. The molecule has 2 heterocycles. The summed E-state index contributed by atoms with van der Waals surface area (Å²) in [7, 11) is 0. The van der Waals surface area contributed by atoms with E-state index in [9.17, 15) is 14.9 Å². The van der Waals surface area contributed by atoms with Crippen LogP contribution >= 0.6 is 31.9 Å². The van der Waals surface area contributed by atoms with E-state index in [4.69, 9.17) is 9.15 Å². The predicted molar refractivity (Wildman–Crippen MR) is 158 cm³/mol. The highest BCUT2D eigenvalue weighted by Gasteiger charge is 2.23. The monoisotopic (exact) mass is 652 g/mol. The van der Waals surface area contributed by atoms with E-state index in [1.54, 1.807) is 36.4 Å². The van der Waals surface area contributed by atoms with Gasteiger partial charge in [-0.05, 0) is 47.9 Å². The molecular weight excluding hydrogens is 632 g/mol. The Kier molecular flexibility index (Phi) is 7.13. The Morgan fingerprint density at radius 3 is 2.62 bits per heavy atom. The molecule has 5 aromatic rings. The third-order valence-electron chi connectivity index (χ3n) is 5.67. The van der Waals surface area contributed by atoms with Crippen molar-refractivity contribution < 1.29 is 14.1 Å². The summed E-state index contributed by atoms with van der Waals surface area (Å²) in [6, 6.07) is 17.3. The average molecular weight is 654 g/mol. The second-order valence-corrected chi connectivity index (χ2v) is 11.9. The zero-order chi connectivity index (χ0) is 27.9. The van der Waals surface area contributed by atoms with E-state index < -0.39 is 10.5 Å². The van der Waals surface area contributed by atoms with E-state index in [1.165, 1.54) is 12.3 Å². The summed E-state index contributed by atoms with van der Waals surface area (Å²) in [4.78, 5) is 29.6. The number of furan rings is 1. The number of nitrogens with zero attached hydrogens (tertiary/aromatic N) is 4. The first kappa shape index (κ1) is 26.8. The Bertz CT molecular complexity index is 1840. The van der Waals surface area contributed by atoms with Gasteiger partial charge in [0.2, 0.25) is 11.6 Å². The molecule has 9 nitrogen and oxygen atoms in total. The first-order valence-electron chi connectivity index (χ1n) is 11.9. The Hall–Kier alpha value is -3.83. The molecule has 0 radical (unpaired) electrons. The second kappa shape index (κ2) is 10.4. The number of nitro benzene ring substituents is 1. The normalized spacial score (nSPS) is 12.0. The van der Waals surface area contributed by atoms with Crippen LogP contribution in [-0.2, 0) is 0 Å². The highest BCUT2D eigenvalue weighted by atomic mass is 79.9. The fraction of sp³-hybridized carbons (Fsp3) is 0.179. The largest absolute Gasteiger partial charge is 0.486 e. The summed E-state index contributed by atoms with van der Waals surface area (Å²) >= 11 is 6.80. The van der Waals surface area contributed by atoms with Crippen LogP contribution < -0.4 is 10.3 Å². The molecule has 0 amide bonds. The summed E-state index contributed by atoms with van der Waals surface area (Å²) in [6.07, 6.45) is 1.36. The Balaban J connectivity index is 1.71. The predicted octanol–water partition coefficient (Wildman–Crippen LogP) is 7.55. The summed E-state index contributed by atoms with van der Waals surface area (Å²) in [5.74, 6) is 0.579. The van der Waals surface area contributed by atoms with Gasteiger partial charge in [0, 0.05) is 26.0 Å². The zero-order valence-corrected chi connectivity index (χ0v) is 24.3. The molecule has 0 aliphatic carbocycles. The van der Waals surface area contributed by atoms with Crippen molar-refractivity contribution >= 4 is 65.6 Å². The number of ether oxygens (including phenoxy) is 1. The molecule has 5 rings (SSSR count). The first-order chi connectivity index (χ1) is 18.5. The van der Waals surface area contributed by atoms with Gasteiger partial charge in [-0.1, -0.05) is 64.8 Å². The number of hydrogen-bond donors (Lipinski definition) is 0. The minimum atomic E-state index is -0.512. The van der Waals surface area contributed by atoms with Crippen LogP contribution in [0.15, 0.2) is 83.9 Å². The summed E-state index contributed by atoms with van der Waals surface area (Å²) in [5, 5.41) is 17.5. The van der Waals surface area contributed by atoms with Crippen molar-refractivity contribution in [3.05, 3.63) is 95.6 Å². The van der Waals surface area contributed by atoms with Gasteiger partial charge in [-0.3, -0.25) is 14.9 Å². The van der Waals surface area contributed by atoms with Crippen molar-refractivity contribution in [2.75, 3.05) is 6.61 Å². The number of benzene rings is 3. The van der Waals surface area contributed by atoms with Crippen molar-refractivity contribution in [3.63, 3.8) is 0 Å². The molecule has 0 aliphatic heterocycles. The van der Waals surface area contributed by atoms with Crippen LogP contribution in [0.1, 0.15) is 26.3 Å². The number of rotatable bonds is 6. The maximum atomic E-state index is 13.6. The van der Waals surface area contributed by atoms with Gasteiger partial charge >= 0.3 is 5.69 Å². The molecule has 0 spiro atoms. The smallest absolute Gasteiger partial charge is 0.312 e. The number of para-hydroxylation sites is 1. The zero-order valence-electron chi connectivity index (χ0n) is 21.1. The van der Waals surface area contributed by atoms with Gasteiger partial charge in [0.25, 0.3) is 5.56 Å². The standard InChI is InChI=1S/C28H22Br2N4O5/c1-28(2,3)15-38-25-17(11-19(30)13-22(25)34(36)37)14-31-33-26(32-21-7-5-4-6-20(21)27(33)35)24-12-16-10-18(29)8-9-23(16)39-24/h4-14H,15H2,1-3H3. The molecule has 0 unspecified atom stereocenters. The van der Waals surface area contributed by atoms with Crippen molar-refractivity contribution in [1.29, 1.82) is 0 Å². The van der Waals surface area contributed by atoms with Crippen LogP contribution in [0.5, 0.6) is 5.75 Å². The molecule has 2 aromatic heterocycles. The fourth-order valence-corrected chi connectivity index (χ4v) is 4.75. The molecule has 198 valence electrons. The molecule has 0 aliphatic rings. The third kappa shape index (κ3) is 5.64. The number of fused-ring (bicyclic) bond motifs is 2. The summed E-state index contributed by atoms with van der Waals surface area (Å²) < 4.78 is 14.4. The van der Waals surface area contributed by atoms with Crippen molar-refractivity contribution in [1.82, 2.24) is 9.66 Å². The summed E-state index contributed by atoms with van der Waals surface area (Å²) in [5.41, 5.74) is 0.527. The maximum Gasteiger partial charge on any atom is 0.312 e. The molecule has 0 saturated carbocycles. The van der Waals surface area contributed by atoms with Gasteiger partial charge in [-0.15, -0.1) is 0 Å². The lowest BCUT2D eigenvalue weighted by Crippen LogP contribution is -2.20. The first-order valence-corrected chi connectivity index (χ1v) is 13.5. The van der Waals surface area contributed by atoms with Crippen molar-refractivity contribution in [2.45, 2.75) is 20.8 Å². The fourth-order valence-electron chi connectivity index (χ4n) is 3.91. The van der Waals surface area contributed by atoms with Crippen molar-refractivity contribution in [3.8, 4) is 17.3 Å². The van der Waals surface area contributed by atoms with Gasteiger partial charge in [0.15, 0.2) is 5.76 Å². The Morgan fingerprint density at radius 2 is 1.87 bits per heavy atom. The molecule has 39 heavy (non-hydrogen) atoms. The van der Waals surface area contributed by atoms with Crippen LogP contribution in [0.4, 0.5) is 5.69 Å². The lowest BCUT2D eigenvalue weighted by Gasteiger charge is -2.19. The topological polar surface area (TPSA) is 113 Å². The van der Waals surface area contributed by atoms with E-state index in [2.05, 4.69) is 41.9 Å². The SMILES string of the molecule is CC(C)(C)COc1c(C=Nn2c(-c3cc4cc(Br)ccc4o3)nc3ccccc3c2=O)cc(Br)cc1[N+](=O)[O-]. The average Bonchev–Trinajstić information content (AvgIpc) is 3.29. The maximum absolute atomic E-state index is 13.6. The van der Waals surface area contributed by atoms with E-state index in [0.717, 1.165) is 14.5 Å². The number of aromatic nitrogens is 2. The van der Waals surface area contributed by atoms with Crippen molar-refractivity contribution in [2.24, 2.45) is 10.5 Å². The molecule has 0 N–H and O–H groups in total. The Labute approximate surface area is 239 Å². The van der Waals surface area contributed by atoms with Crippen LogP contribution in [0, 0.1) is 15.5 Å². The lowest BCUT2D eigenvalue weighted by molar-refractivity contribution is -0.386. The molecule has 0 fully saturated rings. The molecule has 0 atom stereocenters. The number of hydrogen-bond acceptors (Lipinski definition) is 7. The Morgan fingerprint density at radius 1 is 1.10 bits per heavy atom. The van der Waals surface area contributed by atoms with Crippen LogP contribution in [0.2, 0.25) is 0 Å². The van der Waals surface area contributed by atoms with E-state index >= 15 is 0 Å². The van der Waals surface area contributed by atoms with E-state index in [1.807, 2.05) is 39.0 Å². The highest BCUT2D eigenvalue weighted by molar-refractivity contribution is 9.10. The quantitative estimate of drug-likeness (QED) is 0.106. The minimum absolute atomic E-state index is 0.0545. The van der Waals surface area contributed by atoms with Crippen LogP contribution in [-0.4, -0.2) is 27.4 Å². The number of nitro groups is 1. The van der Waals surface area contributed by atoms with Gasteiger partial charge < -0.3 is 9.15 Å². The van der Waals surface area contributed by atoms with Gasteiger partial charge in [0.05, 0.1) is 28.6 Å². The molecular formula is C28H22Br2N4O5. The molecule has 11 heteroatoms. The second-order valence-electron chi connectivity index (χ2n) is 10.1. The van der Waals surface area contributed by atoms with Gasteiger partial charge in [0.1, 0.15) is 5.58 Å². The minimum Gasteiger partial charge on any atom is -0.486 e. The molecule has 0 bridgehead atoms. The van der Waals surface area contributed by atoms with Gasteiger partial charge in [-0.2, -0.15) is 9.78 Å². The van der Waals surface area contributed by atoms with E-state index in [0.29, 0.717) is 32.3 Å². The lowest BCUT2D eigenvalue weighted by atomic mass is 9.98. The van der Waals surface area contributed by atoms with Gasteiger partial charge in [-0.25, -0.2) is 4.98 Å². The number of halogens is 2. The van der Waals surface area contributed by atoms with Crippen LogP contribution in [0.25, 0.3) is 33.5 Å².